The fourth-order valence-electron chi connectivity index (χ4n) is 6.69. The van der Waals surface area contributed by atoms with E-state index in [1.165, 1.54) is 17.6 Å². The zero-order valence-corrected chi connectivity index (χ0v) is 26.0. The number of halogens is 1. The number of carbonyl (C=O) groups is 1. The molecule has 2 N–H and O–H groups in total. The first kappa shape index (κ1) is 28.5. The molecule has 1 aliphatic carbocycles. The van der Waals surface area contributed by atoms with Crippen molar-refractivity contribution in [3.05, 3.63) is 74.6 Å². The van der Waals surface area contributed by atoms with Crippen LogP contribution in [0.1, 0.15) is 59.0 Å². The Hall–Kier alpha value is -3.57. The summed E-state index contributed by atoms with van der Waals surface area (Å²) < 4.78 is 6.28. The zero-order chi connectivity index (χ0) is 29.7. The molecule has 1 aliphatic heterocycles. The third-order valence-electron chi connectivity index (χ3n) is 8.63. The maximum Gasteiger partial charge on any atom is 0.281 e. The number of hydrogen-bond acceptors (Lipinski definition) is 8. The minimum atomic E-state index is -0.340. The second kappa shape index (κ2) is 11.3. The van der Waals surface area contributed by atoms with Gasteiger partial charge in [-0.3, -0.25) is 23.6 Å². The van der Waals surface area contributed by atoms with Crippen molar-refractivity contribution in [2.75, 3.05) is 29.6 Å². The lowest BCUT2D eigenvalue weighted by molar-refractivity contribution is 0.0980. The Labute approximate surface area is 254 Å². The molecule has 2 fully saturated rings. The number of amides is 1. The molecule has 3 aromatic heterocycles. The fraction of sp³-hybridized carbons (Fsp3) is 0.433. The number of nitrogens with one attached hydrogen (secondary N) is 2. The number of rotatable bonds is 7. The van der Waals surface area contributed by atoms with Crippen LogP contribution in [0.25, 0.3) is 10.9 Å². The normalized spacial score (nSPS) is 20.6. The van der Waals surface area contributed by atoms with Gasteiger partial charge in [0, 0.05) is 51.1 Å². The second-order valence-corrected chi connectivity index (χ2v) is 12.6. The van der Waals surface area contributed by atoms with E-state index >= 15 is 0 Å². The zero-order valence-electron chi connectivity index (χ0n) is 24.4. The van der Waals surface area contributed by atoms with Crippen LogP contribution < -0.4 is 20.5 Å². The molecule has 3 unspecified atom stereocenters. The monoisotopic (exact) mass is 606 g/mol. The first-order valence-electron chi connectivity index (χ1n) is 14.1. The topological polar surface area (TPSA) is 110 Å². The highest BCUT2D eigenvalue weighted by Crippen LogP contribution is 2.46. The van der Waals surface area contributed by atoms with E-state index in [1.54, 1.807) is 23.0 Å². The van der Waals surface area contributed by atoms with E-state index in [2.05, 4.69) is 37.2 Å². The maximum absolute atomic E-state index is 13.7. The maximum atomic E-state index is 13.7. The predicted molar refractivity (Wildman–Crippen MR) is 168 cm³/mol. The number of benzene rings is 1. The summed E-state index contributed by atoms with van der Waals surface area (Å²) in [5.74, 6) is 1.94. The quantitative estimate of drug-likeness (QED) is 0.227. The molecule has 0 bridgehead atoms. The Balaban J connectivity index is 1.31. The Bertz CT molecular complexity index is 1720. The van der Waals surface area contributed by atoms with E-state index in [0.717, 1.165) is 37.1 Å². The van der Waals surface area contributed by atoms with Crippen molar-refractivity contribution in [3.8, 4) is 0 Å². The molecule has 1 amide bonds. The largest absolute Gasteiger partial charge is 0.377 e. The van der Waals surface area contributed by atoms with Gasteiger partial charge in [-0.15, -0.1) is 0 Å². The third-order valence-corrected chi connectivity index (χ3v) is 9.23. The summed E-state index contributed by atoms with van der Waals surface area (Å²) in [6.07, 6.45) is 6.00. The number of anilines is 2. The van der Waals surface area contributed by atoms with E-state index in [9.17, 15) is 9.59 Å². The number of pyridine rings is 1. The van der Waals surface area contributed by atoms with Gasteiger partial charge in [-0.1, -0.05) is 29.6 Å². The van der Waals surface area contributed by atoms with Crippen LogP contribution >= 0.6 is 23.5 Å². The van der Waals surface area contributed by atoms with Crippen molar-refractivity contribution < 1.29 is 4.79 Å². The number of aryl methyl sites for hydroxylation is 2. The third kappa shape index (κ3) is 5.24. The van der Waals surface area contributed by atoms with Crippen molar-refractivity contribution >= 4 is 52.0 Å². The molecule has 6 rings (SSSR count). The molecule has 10 nitrogen and oxygen atoms in total. The Kier molecular flexibility index (Phi) is 7.65. The van der Waals surface area contributed by atoms with Gasteiger partial charge in [-0.2, -0.15) is 5.10 Å². The summed E-state index contributed by atoms with van der Waals surface area (Å²) in [4.78, 5) is 38.1. The SMILES string of the molecule is CSNC(=O)c1nc(Cl)ccc1NC(C)c1cc(C)cc2c(=O)n(C)c(N3CC4CC(c5ccn(C)n5)CC4C3)nc12. The lowest BCUT2D eigenvalue weighted by Crippen LogP contribution is -2.31. The highest BCUT2D eigenvalue weighted by atomic mass is 35.5. The minimum Gasteiger partial charge on any atom is -0.377 e. The van der Waals surface area contributed by atoms with Crippen molar-refractivity contribution in [3.63, 3.8) is 0 Å². The molecule has 2 aliphatic rings. The molecule has 4 aromatic rings. The lowest BCUT2D eigenvalue weighted by Gasteiger charge is -2.24. The molecule has 0 radical (unpaired) electrons. The summed E-state index contributed by atoms with van der Waals surface area (Å²) in [6, 6.07) is 9.21. The first-order valence-corrected chi connectivity index (χ1v) is 15.7. The standard InChI is InChI=1S/C30H35ClN8O2S/c1-16-10-21(17(2)32-24-6-7-25(31)33-27(24)28(40)36-42-5)26-22(11-16)29(41)38(4)30(34-26)39-14-19-12-18(13-20(19)15-39)23-8-9-37(3)35-23/h6-11,17-20,32H,12-15H2,1-5H3,(H,36,40). The molecule has 1 aromatic carbocycles. The van der Waals surface area contributed by atoms with Crippen LogP contribution in [0.3, 0.4) is 0 Å². The Morgan fingerprint density at radius 3 is 2.52 bits per heavy atom. The van der Waals surface area contributed by atoms with Gasteiger partial charge in [0.2, 0.25) is 5.95 Å². The van der Waals surface area contributed by atoms with Gasteiger partial charge in [0.25, 0.3) is 11.5 Å². The van der Waals surface area contributed by atoms with Gasteiger partial charge in [-0.25, -0.2) is 9.97 Å². The van der Waals surface area contributed by atoms with Crippen LogP contribution in [0.4, 0.5) is 11.6 Å². The van der Waals surface area contributed by atoms with Crippen molar-refractivity contribution in [2.45, 2.75) is 38.6 Å². The summed E-state index contributed by atoms with van der Waals surface area (Å²) >= 11 is 7.31. The number of carbonyl (C=O) groups excluding carboxylic acids is 1. The smallest absolute Gasteiger partial charge is 0.281 e. The van der Waals surface area contributed by atoms with E-state index in [0.29, 0.717) is 40.3 Å². The predicted octanol–water partition coefficient (Wildman–Crippen LogP) is 4.83. The van der Waals surface area contributed by atoms with Crippen LogP contribution in [-0.4, -0.2) is 49.6 Å². The fourth-order valence-corrected chi connectivity index (χ4v) is 7.12. The molecular formula is C30H35ClN8O2S. The van der Waals surface area contributed by atoms with Crippen LogP contribution in [0, 0.1) is 18.8 Å². The molecule has 1 saturated carbocycles. The van der Waals surface area contributed by atoms with Crippen molar-refractivity contribution in [1.82, 2.24) is 29.0 Å². The van der Waals surface area contributed by atoms with Crippen LogP contribution in [0.2, 0.25) is 5.15 Å². The average Bonchev–Trinajstić information content (AvgIpc) is 3.66. The van der Waals surface area contributed by atoms with E-state index in [1.807, 2.05) is 44.9 Å². The molecule has 1 saturated heterocycles. The summed E-state index contributed by atoms with van der Waals surface area (Å²) in [5.41, 5.74) is 4.38. The molecule has 3 atom stereocenters. The van der Waals surface area contributed by atoms with Crippen LogP contribution in [0.15, 0.2) is 41.3 Å². The number of aromatic nitrogens is 5. The van der Waals surface area contributed by atoms with Gasteiger partial charge in [0.05, 0.1) is 28.3 Å². The number of nitrogens with zero attached hydrogens (tertiary/aromatic N) is 6. The van der Waals surface area contributed by atoms with Gasteiger partial charge in [0.15, 0.2) is 5.69 Å². The second-order valence-electron chi connectivity index (χ2n) is 11.6. The van der Waals surface area contributed by atoms with Gasteiger partial charge < -0.3 is 10.2 Å². The average molecular weight is 607 g/mol. The summed E-state index contributed by atoms with van der Waals surface area (Å²) in [5, 5.41) is 8.89. The molecule has 42 heavy (non-hydrogen) atoms. The summed E-state index contributed by atoms with van der Waals surface area (Å²) in [7, 11) is 3.78. The molecule has 4 heterocycles. The molecule has 12 heteroatoms. The molecule has 220 valence electrons. The highest BCUT2D eigenvalue weighted by Gasteiger charge is 2.43. The lowest BCUT2D eigenvalue weighted by atomic mass is 10.0. The van der Waals surface area contributed by atoms with Gasteiger partial charge >= 0.3 is 0 Å². The van der Waals surface area contributed by atoms with Crippen LogP contribution in [-0.2, 0) is 14.1 Å². The number of fused-ring (bicyclic) bond motifs is 2. The van der Waals surface area contributed by atoms with E-state index in [-0.39, 0.29) is 28.4 Å². The van der Waals surface area contributed by atoms with E-state index < -0.39 is 0 Å². The Morgan fingerprint density at radius 1 is 1.12 bits per heavy atom. The van der Waals surface area contributed by atoms with E-state index in [4.69, 9.17) is 16.6 Å². The first-order chi connectivity index (χ1) is 20.1. The molecule has 0 spiro atoms. The van der Waals surface area contributed by atoms with Crippen molar-refractivity contribution in [2.24, 2.45) is 25.9 Å². The minimum absolute atomic E-state index is 0.0660. The Morgan fingerprint density at radius 2 is 1.86 bits per heavy atom. The number of hydrogen-bond donors (Lipinski definition) is 2. The van der Waals surface area contributed by atoms with Crippen LogP contribution in [0.5, 0.6) is 0 Å². The van der Waals surface area contributed by atoms with Crippen molar-refractivity contribution in [1.29, 1.82) is 0 Å². The summed E-state index contributed by atoms with van der Waals surface area (Å²) in [6.45, 7) is 5.72. The highest BCUT2D eigenvalue weighted by molar-refractivity contribution is 7.97. The molecular weight excluding hydrogens is 572 g/mol. The van der Waals surface area contributed by atoms with Gasteiger partial charge in [-0.05, 0) is 68.4 Å². The van der Waals surface area contributed by atoms with Gasteiger partial charge in [0.1, 0.15) is 5.15 Å².